The number of halogens is 2. The van der Waals surface area contributed by atoms with Crippen molar-refractivity contribution in [1.29, 1.82) is 0 Å². The lowest BCUT2D eigenvalue weighted by molar-refractivity contribution is 0.590. The van der Waals surface area contributed by atoms with Crippen molar-refractivity contribution in [3.05, 3.63) is 33.8 Å². The van der Waals surface area contributed by atoms with Gasteiger partial charge in [-0.2, -0.15) is 0 Å². The summed E-state index contributed by atoms with van der Waals surface area (Å²) in [7, 11) is 0. The molecule has 0 spiro atoms. The largest absolute Gasteiger partial charge is 0.0840 e. The molecular weight excluding hydrogens is 191 g/mol. The first-order valence-corrected chi connectivity index (χ1v) is 4.54. The predicted octanol–water partition coefficient (Wildman–Crippen LogP) is 4.09. The molecule has 0 fully saturated rings. The summed E-state index contributed by atoms with van der Waals surface area (Å²) in [6.07, 6.45) is 0. The summed E-state index contributed by atoms with van der Waals surface area (Å²) < 4.78 is 0. The van der Waals surface area contributed by atoms with Gasteiger partial charge in [0.1, 0.15) is 0 Å². The van der Waals surface area contributed by atoms with E-state index in [9.17, 15) is 0 Å². The van der Waals surface area contributed by atoms with Gasteiger partial charge < -0.3 is 0 Å². The molecule has 0 heterocycles. The van der Waals surface area contributed by atoms with Crippen molar-refractivity contribution in [3.8, 4) is 0 Å². The Morgan fingerprint density at radius 3 is 2.17 bits per heavy atom. The van der Waals surface area contributed by atoms with Gasteiger partial charge >= 0.3 is 0 Å². The third-order valence-electron chi connectivity index (χ3n) is 1.65. The third-order valence-corrected chi connectivity index (χ3v) is 2.26. The molecule has 0 aromatic heterocycles. The molecule has 0 N–H and O–H groups in total. The fraction of sp³-hybridized carbons (Fsp3) is 0.400. The molecular formula is C10H11Cl2. The van der Waals surface area contributed by atoms with Crippen LogP contribution in [0.1, 0.15) is 26.3 Å². The van der Waals surface area contributed by atoms with Crippen LogP contribution in [-0.2, 0) is 5.41 Å². The van der Waals surface area contributed by atoms with E-state index in [1.54, 1.807) is 6.07 Å². The zero-order valence-corrected chi connectivity index (χ0v) is 8.92. The molecule has 0 aliphatic rings. The highest BCUT2D eigenvalue weighted by Crippen LogP contribution is 2.34. The van der Waals surface area contributed by atoms with Crippen LogP contribution in [0.15, 0.2) is 12.1 Å². The van der Waals surface area contributed by atoms with E-state index in [4.69, 9.17) is 23.2 Å². The second-order valence-corrected chi connectivity index (χ2v) is 4.55. The number of rotatable bonds is 0. The summed E-state index contributed by atoms with van der Waals surface area (Å²) in [6.45, 7) is 6.23. The SMILES string of the molecule is CC(C)(C)c1c(Cl)[c]ccc1Cl. The van der Waals surface area contributed by atoms with Gasteiger partial charge in [-0.3, -0.25) is 0 Å². The predicted molar refractivity (Wildman–Crippen MR) is 54.0 cm³/mol. The Balaban J connectivity index is 3.31. The molecule has 0 saturated heterocycles. The molecule has 0 aliphatic heterocycles. The van der Waals surface area contributed by atoms with Crippen LogP contribution in [0.25, 0.3) is 0 Å². The standard InChI is InChI=1S/C10H11Cl2/c1-10(2,3)9-7(11)5-4-6-8(9)12/h4-5H,1-3H3. The topological polar surface area (TPSA) is 0 Å². The lowest BCUT2D eigenvalue weighted by Crippen LogP contribution is -2.12. The van der Waals surface area contributed by atoms with Crippen molar-refractivity contribution in [2.75, 3.05) is 0 Å². The summed E-state index contributed by atoms with van der Waals surface area (Å²) >= 11 is 12.0. The number of hydrogen-bond acceptors (Lipinski definition) is 0. The van der Waals surface area contributed by atoms with Crippen LogP contribution in [-0.4, -0.2) is 0 Å². The molecule has 1 aromatic carbocycles. The maximum atomic E-state index is 6.01. The molecule has 12 heavy (non-hydrogen) atoms. The van der Waals surface area contributed by atoms with Crippen LogP contribution >= 0.6 is 23.2 Å². The number of hydrogen-bond donors (Lipinski definition) is 0. The Morgan fingerprint density at radius 1 is 1.25 bits per heavy atom. The van der Waals surface area contributed by atoms with E-state index in [0.29, 0.717) is 10.0 Å². The highest BCUT2D eigenvalue weighted by atomic mass is 35.5. The van der Waals surface area contributed by atoms with Crippen LogP contribution < -0.4 is 0 Å². The lowest BCUT2D eigenvalue weighted by atomic mass is 9.87. The molecule has 0 atom stereocenters. The van der Waals surface area contributed by atoms with E-state index in [-0.39, 0.29) is 5.41 Å². The fourth-order valence-electron chi connectivity index (χ4n) is 1.14. The molecule has 1 radical (unpaired) electrons. The molecule has 2 heteroatoms. The zero-order valence-electron chi connectivity index (χ0n) is 7.41. The van der Waals surface area contributed by atoms with Crippen LogP contribution in [0.3, 0.4) is 0 Å². The summed E-state index contributed by atoms with van der Waals surface area (Å²) in [5.74, 6) is 0. The summed E-state index contributed by atoms with van der Waals surface area (Å²) in [6, 6.07) is 6.48. The molecule has 0 saturated carbocycles. The van der Waals surface area contributed by atoms with Crippen LogP contribution in [0, 0.1) is 6.07 Å². The first-order chi connectivity index (χ1) is 5.43. The Hall–Kier alpha value is -0.200. The molecule has 0 aliphatic carbocycles. The fourth-order valence-corrected chi connectivity index (χ4v) is 2.07. The molecule has 0 amide bonds. The first-order valence-electron chi connectivity index (χ1n) is 3.79. The minimum absolute atomic E-state index is 0.0219. The number of benzene rings is 1. The van der Waals surface area contributed by atoms with Gasteiger partial charge in [0.2, 0.25) is 0 Å². The van der Waals surface area contributed by atoms with E-state index >= 15 is 0 Å². The molecule has 0 bridgehead atoms. The van der Waals surface area contributed by atoms with Crippen LogP contribution in [0.5, 0.6) is 0 Å². The van der Waals surface area contributed by atoms with Gasteiger partial charge in [-0.05, 0) is 17.0 Å². The Morgan fingerprint density at radius 2 is 1.83 bits per heavy atom. The molecule has 65 valence electrons. The Labute approximate surface area is 83.5 Å². The highest BCUT2D eigenvalue weighted by Gasteiger charge is 2.20. The van der Waals surface area contributed by atoms with Gasteiger partial charge in [0.25, 0.3) is 0 Å². The average Bonchev–Trinajstić information content (AvgIpc) is 1.82. The van der Waals surface area contributed by atoms with E-state index in [1.807, 2.05) is 6.07 Å². The van der Waals surface area contributed by atoms with Gasteiger partial charge in [0.05, 0.1) is 5.02 Å². The first kappa shape index (κ1) is 9.88. The van der Waals surface area contributed by atoms with E-state index < -0.39 is 0 Å². The van der Waals surface area contributed by atoms with Crippen molar-refractivity contribution >= 4 is 23.2 Å². The van der Waals surface area contributed by atoms with E-state index in [2.05, 4.69) is 26.8 Å². The van der Waals surface area contributed by atoms with Crippen molar-refractivity contribution < 1.29 is 0 Å². The summed E-state index contributed by atoms with van der Waals surface area (Å²) in [5.41, 5.74) is 0.944. The smallest absolute Gasteiger partial charge is 0.0537 e. The maximum Gasteiger partial charge on any atom is 0.0537 e. The van der Waals surface area contributed by atoms with Crippen molar-refractivity contribution in [3.63, 3.8) is 0 Å². The highest BCUT2D eigenvalue weighted by molar-refractivity contribution is 6.36. The van der Waals surface area contributed by atoms with Crippen molar-refractivity contribution in [1.82, 2.24) is 0 Å². The summed E-state index contributed by atoms with van der Waals surface area (Å²) in [4.78, 5) is 0. The minimum atomic E-state index is -0.0219. The second kappa shape index (κ2) is 3.27. The Bertz CT molecular complexity index is 264. The monoisotopic (exact) mass is 201 g/mol. The maximum absolute atomic E-state index is 6.01. The minimum Gasteiger partial charge on any atom is -0.0840 e. The van der Waals surface area contributed by atoms with Crippen LogP contribution in [0.4, 0.5) is 0 Å². The van der Waals surface area contributed by atoms with Gasteiger partial charge in [0.15, 0.2) is 0 Å². The lowest BCUT2D eigenvalue weighted by Gasteiger charge is -2.21. The molecule has 1 aromatic rings. The van der Waals surface area contributed by atoms with Crippen LogP contribution in [0.2, 0.25) is 10.0 Å². The zero-order chi connectivity index (χ0) is 9.35. The van der Waals surface area contributed by atoms with Gasteiger partial charge in [-0.1, -0.05) is 50.0 Å². The molecule has 0 unspecified atom stereocenters. The van der Waals surface area contributed by atoms with Gasteiger partial charge in [-0.25, -0.2) is 0 Å². The third kappa shape index (κ3) is 1.94. The normalized spacial score (nSPS) is 11.8. The van der Waals surface area contributed by atoms with E-state index in [1.165, 1.54) is 0 Å². The average molecular weight is 202 g/mol. The van der Waals surface area contributed by atoms with Crippen molar-refractivity contribution in [2.24, 2.45) is 0 Å². The quantitative estimate of drug-likeness (QED) is 0.594. The molecule has 1 rings (SSSR count). The summed E-state index contributed by atoms with van der Waals surface area (Å²) in [5, 5.41) is 1.33. The second-order valence-electron chi connectivity index (χ2n) is 3.76. The van der Waals surface area contributed by atoms with E-state index in [0.717, 1.165) is 5.56 Å². The van der Waals surface area contributed by atoms with Gasteiger partial charge in [0, 0.05) is 11.1 Å². The molecule has 0 nitrogen and oxygen atoms in total. The van der Waals surface area contributed by atoms with Gasteiger partial charge in [-0.15, -0.1) is 0 Å². The van der Waals surface area contributed by atoms with Crippen molar-refractivity contribution in [2.45, 2.75) is 26.2 Å². The Kier molecular flexibility index (Phi) is 2.70.